The molecule has 0 aliphatic rings. The Kier molecular flexibility index (Phi) is 3.62. The lowest BCUT2D eigenvalue weighted by Gasteiger charge is -2.04. The van der Waals surface area contributed by atoms with Crippen LogP contribution in [0.25, 0.3) is 16.7 Å². The van der Waals surface area contributed by atoms with Gasteiger partial charge in [-0.2, -0.15) is 0 Å². The Hall–Kier alpha value is -2.93. The normalized spacial score (nSPS) is 11.2. The molecule has 0 radical (unpaired) electrons. The Morgan fingerprint density at radius 2 is 2.25 bits per heavy atom. The molecule has 0 saturated heterocycles. The Morgan fingerprint density at radius 3 is 3.17 bits per heavy atom. The number of aromatic amines is 1. The molecular weight excluding hydrogens is 328 g/mol. The Balaban J connectivity index is 1.44. The summed E-state index contributed by atoms with van der Waals surface area (Å²) in [5, 5.41) is 11.3. The number of carbonyl (C=O) groups is 1. The number of pyridine rings is 1. The molecule has 0 atom stereocenters. The van der Waals surface area contributed by atoms with Crippen LogP contribution in [0.5, 0.6) is 0 Å². The van der Waals surface area contributed by atoms with E-state index in [1.807, 2.05) is 12.1 Å². The first-order valence-corrected chi connectivity index (χ1v) is 7.79. The largest absolute Gasteiger partial charge is 0.351 e. The van der Waals surface area contributed by atoms with Crippen LogP contribution < -0.4 is 5.32 Å². The Labute approximate surface area is 141 Å². The molecule has 0 aliphatic carbocycles. The molecule has 24 heavy (non-hydrogen) atoms. The number of halogens is 1. The van der Waals surface area contributed by atoms with Gasteiger partial charge in [0.2, 0.25) is 0 Å². The lowest BCUT2D eigenvalue weighted by atomic mass is 10.2. The van der Waals surface area contributed by atoms with E-state index in [0.717, 1.165) is 16.9 Å². The zero-order valence-electron chi connectivity index (χ0n) is 12.5. The second-order valence-corrected chi connectivity index (χ2v) is 5.77. The zero-order valence-corrected chi connectivity index (χ0v) is 13.3. The fourth-order valence-electron chi connectivity index (χ4n) is 2.57. The fourth-order valence-corrected chi connectivity index (χ4v) is 2.74. The van der Waals surface area contributed by atoms with Crippen molar-refractivity contribution in [1.29, 1.82) is 0 Å². The van der Waals surface area contributed by atoms with Crippen LogP contribution >= 0.6 is 11.6 Å². The molecule has 120 valence electrons. The maximum absolute atomic E-state index is 12.3. The van der Waals surface area contributed by atoms with E-state index >= 15 is 0 Å². The molecule has 7 nitrogen and oxygen atoms in total. The van der Waals surface area contributed by atoms with E-state index in [9.17, 15) is 4.79 Å². The van der Waals surface area contributed by atoms with E-state index in [0.29, 0.717) is 29.2 Å². The molecule has 2 N–H and O–H groups in total. The van der Waals surface area contributed by atoms with E-state index < -0.39 is 0 Å². The van der Waals surface area contributed by atoms with Gasteiger partial charge in [-0.25, -0.2) is 4.98 Å². The number of aromatic nitrogens is 5. The maximum Gasteiger partial charge on any atom is 0.255 e. The highest BCUT2D eigenvalue weighted by atomic mass is 35.5. The first-order valence-electron chi connectivity index (χ1n) is 7.41. The van der Waals surface area contributed by atoms with Crippen molar-refractivity contribution in [3.8, 4) is 0 Å². The van der Waals surface area contributed by atoms with Crippen molar-refractivity contribution in [1.82, 2.24) is 29.9 Å². The number of amides is 1. The molecule has 4 aromatic rings. The molecule has 8 heteroatoms. The van der Waals surface area contributed by atoms with E-state index in [-0.39, 0.29) is 5.91 Å². The van der Waals surface area contributed by atoms with Crippen molar-refractivity contribution in [3.63, 3.8) is 0 Å². The van der Waals surface area contributed by atoms with Gasteiger partial charge in [-0.1, -0.05) is 11.6 Å². The van der Waals surface area contributed by atoms with E-state index in [4.69, 9.17) is 11.6 Å². The van der Waals surface area contributed by atoms with Crippen LogP contribution in [-0.4, -0.2) is 37.0 Å². The van der Waals surface area contributed by atoms with Crippen LogP contribution in [0.15, 0.2) is 42.9 Å². The van der Waals surface area contributed by atoms with Crippen molar-refractivity contribution < 1.29 is 4.79 Å². The molecule has 1 aromatic carbocycles. The Morgan fingerprint density at radius 1 is 1.33 bits per heavy atom. The number of carbonyl (C=O) groups excluding carboxylic acids is 1. The van der Waals surface area contributed by atoms with Gasteiger partial charge >= 0.3 is 0 Å². The van der Waals surface area contributed by atoms with Gasteiger partial charge in [-0.3, -0.25) is 9.20 Å². The van der Waals surface area contributed by atoms with Crippen molar-refractivity contribution in [2.24, 2.45) is 0 Å². The first-order chi connectivity index (χ1) is 11.7. The van der Waals surface area contributed by atoms with Crippen LogP contribution in [0, 0.1) is 0 Å². The summed E-state index contributed by atoms with van der Waals surface area (Å²) in [6.07, 6.45) is 3.95. The molecule has 0 unspecified atom stereocenters. The molecule has 1 amide bonds. The minimum Gasteiger partial charge on any atom is -0.351 e. The van der Waals surface area contributed by atoms with Gasteiger partial charge in [-0.15, -0.1) is 10.2 Å². The molecule has 0 aliphatic heterocycles. The second-order valence-electron chi connectivity index (χ2n) is 5.33. The number of hydrogen-bond acceptors (Lipinski definition) is 4. The van der Waals surface area contributed by atoms with Crippen molar-refractivity contribution >= 4 is 34.2 Å². The molecule has 4 rings (SSSR count). The number of hydrogen-bond donors (Lipinski definition) is 2. The molecule has 3 aromatic heterocycles. The van der Waals surface area contributed by atoms with Crippen LogP contribution in [0.4, 0.5) is 0 Å². The first kappa shape index (κ1) is 14.6. The summed E-state index contributed by atoms with van der Waals surface area (Å²) in [7, 11) is 0. The van der Waals surface area contributed by atoms with Gasteiger partial charge in [0.1, 0.15) is 12.2 Å². The average molecular weight is 341 g/mol. The number of benzene rings is 1. The summed E-state index contributed by atoms with van der Waals surface area (Å²) in [4.78, 5) is 20.0. The van der Waals surface area contributed by atoms with E-state index in [1.165, 1.54) is 0 Å². The van der Waals surface area contributed by atoms with Gasteiger partial charge < -0.3 is 10.3 Å². The highest BCUT2D eigenvalue weighted by Crippen LogP contribution is 2.17. The summed E-state index contributed by atoms with van der Waals surface area (Å²) >= 11 is 5.96. The van der Waals surface area contributed by atoms with Gasteiger partial charge in [0, 0.05) is 24.2 Å². The van der Waals surface area contributed by atoms with Crippen LogP contribution in [0.3, 0.4) is 0 Å². The highest BCUT2D eigenvalue weighted by Gasteiger charge is 2.12. The van der Waals surface area contributed by atoms with Crippen molar-refractivity contribution in [2.45, 2.75) is 6.42 Å². The number of nitrogens with zero attached hydrogens (tertiary/aromatic N) is 4. The van der Waals surface area contributed by atoms with E-state index in [1.54, 1.807) is 35.1 Å². The lowest BCUT2D eigenvalue weighted by Crippen LogP contribution is -2.26. The quantitative estimate of drug-likeness (QED) is 0.596. The van der Waals surface area contributed by atoms with Crippen molar-refractivity contribution in [3.05, 3.63) is 59.3 Å². The van der Waals surface area contributed by atoms with Gasteiger partial charge in [-0.05, 0) is 30.3 Å². The molecule has 0 fully saturated rings. The molecule has 0 spiro atoms. The van der Waals surface area contributed by atoms with Crippen molar-refractivity contribution in [2.75, 3.05) is 6.54 Å². The minimum atomic E-state index is -0.187. The standard InChI is InChI=1S/C16H13ClN6O/c17-10-3-4-12-13(8-10)21-14(20-12)5-6-18-16(24)11-2-1-7-23-9-19-22-15(11)23/h1-4,7-9H,5-6H2,(H,18,24)(H,20,21). The zero-order chi connectivity index (χ0) is 16.5. The third-order valence-electron chi connectivity index (χ3n) is 3.71. The average Bonchev–Trinajstić information content (AvgIpc) is 3.19. The fraction of sp³-hybridized carbons (Fsp3) is 0.125. The summed E-state index contributed by atoms with van der Waals surface area (Å²) in [5.74, 6) is 0.612. The third-order valence-corrected chi connectivity index (χ3v) is 3.94. The van der Waals surface area contributed by atoms with Gasteiger partial charge in [0.05, 0.1) is 16.6 Å². The van der Waals surface area contributed by atoms with Gasteiger partial charge in [0.25, 0.3) is 5.91 Å². The number of nitrogens with one attached hydrogen (secondary N) is 2. The molecule has 0 saturated carbocycles. The van der Waals surface area contributed by atoms with Crippen LogP contribution in [0.1, 0.15) is 16.2 Å². The van der Waals surface area contributed by atoms with Crippen LogP contribution in [0.2, 0.25) is 5.02 Å². The second kappa shape index (κ2) is 5.93. The molecule has 0 bridgehead atoms. The number of H-pyrrole nitrogens is 1. The Bertz CT molecular complexity index is 1040. The smallest absolute Gasteiger partial charge is 0.255 e. The minimum absolute atomic E-state index is 0.187. The number of fused-ring (bicyclic) bond motifs is 2. The summed E-state index contributed by atoms with van der Waals surface area (Å²) < 4.78 is 1.71. The summed E-state index contributed by atoms with van der Waals surface area (Å²) in [6.45, 7) is 0.460. The lowest BCUT2D eigenvalue weighted by molar-refractivity contribution is 0.0955. The summed E-state index contributed by atoms with van der Waals surface area (Å²) in [6, 6.07) is 9.01. The maximum atomic E-state index is 12.3. The topological polar surface area (TPSA) is 88.0 Å². The number of imidazole rings is 1. The highest BCUT2D eigenvalue weighted by molar-refractivity contribution is 6.31. The predicted molar refractivity (Wildman–Crippen MR) is 90.1 cm³/mol. The molecular formula is C16H13ClN6O. The SMILES string of the molecule is O=C(NCCc1nc2ccc(Cl)cc2[nH]1)c1cccn2cnnc12. The predicted octanol–water partition coefficient (Wildman–Crippen LogP) is 2.23. The van der Waals surface area contributed by atoms with E-state index in [2.05, 4.69) is 25.5 Å². The number of rotatable bonds is 4. The monoisotopic (exact) mass is 340 g/mol. The third kappa shape index (κ3) is 2.69. The molecule has 3 heterocycles. The van der Waals surface area contributed by atoms with Crippen LogP contribution in [-0.2, 0) is 6.42 Å². The van der Waals surface area contributed by atoms with Gasteiger partial charge in [0.15, 0.2) is 5.65 Å². The summed E-state index contributed by atoms with van der Waals surface area (Å²) in [5.41, 5.74) is 2.77.